The van der Waals surface area contributed by atoms with Crippen molar-refractivity contribution in [3.63, 3.8) is 0 Å². The lowest BCUT2D eigenvalue weighted by Crippen LogP contribution is -2.37. The van der Waals surface area contributed by atoms with E-state index in [0.717, 1.165) is 44.1 Å². The first-order valence-corrected chi connectivity index (χ1v) is 8.10. The van der Waals surface area contributed by atoms with Crippen LogP contribution in [0.1, 0.15) is 47.8 Å². The zero-order valence-electron chi connectivity index (χ0n) is 13.6. The smallest absolute Gasteiger partial charge is 0.272 e. The monoisotopic (exact) mass is 317 g/mol. The summed E-state index contributed by atoms with van der Waals surface area (Å²) in [5.41, 5.74) is 1.28. The van der Waals surface area contributed by atoms with E-state index in [1.807, 2.05) is 13.1 Å². The average Bonchev–Trinajstić information content (AvgIpc) is 3.21. The molecule has 3 heterocycles. The van der Waals surface area contributed by atoms with Gasteiger partial charge in [-0.1, -0.05) is 0 Å². The topological polar surface area (TPSA) is 84.8 Å². The van der Waals surface area contributed by atoms with Crippen molar-refractivity contribution in [3.05, 3.63) is 35.7 Å². The lowest BCUT2D eigenvalue weighted by Gasteiger charge is -2.30. The zero-order valence-corrected chi connectivity index (χ0v) is 13.6. The van der Waals surface area contributed by atoms with Gasteiger partial charge in [0, 0.05) is 37.8 Å². The number of carbonyl (C=O) groups is 1. The first-order valence-electron chi connectivity index (χ1n) is 8.10. The number of imidazole rings is 1. The Balaban J connectivity index is 1.84. The van der Waals surface area contributed by atoms with Crippen molar-refractivity contribution in [1.82, 2.24) is 25.1 Å². The van der Waals surface area contributed by atoms with Crippen molar-refractivity contribution in [1.29, 1.82) is 0 Å². The molecule has 7 heteroatoms. The van der Waals surface area contributed by atoms with Crippen molar-refractivity contribution < 1.29 is 9.53 Å². The van der Waals surface area contributed by atoms with Crippen LogP contribution in [0.3, 0.4) is 0 Å². The Morgan fingerprint density at radius 3 is 2.96 bits per heavy atom. The Labute approximate surface area is 135 Å². The Hall–Kier alpha value is -2.15. The minimum Gasteiger partial charge on any atom is -0.381 e. The molecule has 1 atom stereocenters. The summed E-state index contributed by atoms with van der Waals surface area (Å²) in [4.78, 5) is 17.0. The number of hydrogen-bond donors (Lipinski definition) is 2. The average molecular weight is 317 g/mol. The molecule has 0 aromatic carbocycles. The number of H-pyrrole nitrogens is 1. The van der Waals surface area contributed by atoms with Gasteiger partial charge in [-0.15, -0.1) is 0 Å². The van der Waals surface area contributed by atoms with Crippen LogP contribution >= 0.6 is 0 Å². The van der Waals surface area contributed by atoms with Gasteiger partial charge >= 0.3 is 0 Å². The van der Waals surface area contributed by atoms with Crippen molar-refractivity contribution in [2.45, 2.75) is 39.3 Å². The fourth-order valence-corrected chi connectivity index (χ4v) is 3.06. The summed E-state index contributed by atoms with van der Waals surface area (Å²) in [6.45, 7) is 6.23. The summed E-state index contributed by atoms with van der Waals surface area (Å²) in [6.07, 6.45) is 5.57. The second kappa shape index (κ2) is 6.95. The van der Waals surface area contributed by atoms with Crippen LogP contribution in [-0.2, 0) is 11.3 Å². The summed E-state index contributed by atoms with van der Waals surface area (Å²) in [6, 6.07) is 1.63. The molecule has 0 bridgehead atoms. The van der Waals surface area contributed by atoms with Crippen LogP contribution in [0.5, 0.6) is 0 Å². The van der Waals surface area contributed by atoms with E-state index in [2.05, 4.69) is 32.0 Å². The Bertz CT molecular complexity index is 657. The third-order valence-corrected chi connectivity index (χ3v) is 4.33. The number of ether oxygens (including phenoxy) is 1. The molecule has 23 heavy (non-hydrogen) atoms. The second-order valence-corrected chi connectivity index (χ2v) is 5.91. The van der Waals surface area contributed by atoms with Crippen molar-refractivity contribution in [2.75, 3.05) is 13.2 Å². The third-order valence-electron chi connectivity index (χ3n) is 4.33. The molecule has 124 valence electrons. The van der Waals surface area contributed by atoms with Gasteiger partial charge in [0.05, 0.1) is 6.04 Å². The molecule has 0 unspecified atom stereocenters. The van der Waals surface area contributed by atoms with Crippen LogP contribution in [0.15, 0.2) is 18.5 Å². The molecule has 0 radical (unpaired) electrons. The second-order valence-electron chi connectivity index (χ2n) is 5.91. The maximum atomic E-state index is 12.5. The van der Waals surface area contributed by atoms with Crippen molar-refractivity contribution in [3.8, 4) is 0 Å². The lowest BCUT2D eigenvalue weighted by atomic mass is 9.91. The fourth-order valence-electron chi connectivity index (χ4n) is 3.06. The van der Waals surface area contributed by atoms with E-state index >= 15 is 0 Å². The van der Waals surface area contributed by atoms with Crippen LogP contribution in [0.25, 0.3) is 0 Å². The number of aromatic nitrogens is 4. The predicted octanol–water partition coefficient (Wildman–Crippen LogP) is 1.83. The van der Waals surface area contributed by atoms with E-state index in [4.69, 9.17) is 4.74 Å². The largest absolute Gasteiger partial charge is 0.381 e. The van der Waals surface area contributed by atoms with Crippen molar-refractivity contribution >= 4 is 5.91 Å². The van der Waals surface area contributed by atoms with Crippen LogP contribution in [0.2, 0.25) is 0 Å². The number of carbonyl (C=O) groups excluding carboxylic acids is 1. The van der Waals surface area contributed by atoms with Gasteiger partial charge in [-0.3, -0.25) is 9.89 Å². The summed E-state index contributed by atoms with van der Waals surface area (Å²) >= 11 is 0. The van der Waals surface area contributed by atoms with Gasteiger partial charge in [-0.05, 0) is 38.7 Å². The molecule has 3 rings (SSSR count). The normalized spacial score (nSPS) is 17.1. The van der Waals surface area contributed by atoms with E-state index in [1.165, 1.54) is 0 Å². The highest BCUT2D eigenvalue weighted by Crippen LogP contribution is 2.29. The molecule has 2 aromatic rings. The molecular formula is C16H23N5O2. The maximum Gasteiger partial charge on any atom is 0.272 e. The molecule has 1 saturated heterocycles. The minimum absolute atomic E-state index is 0.127. The van der Waals surface area contributed by atoms with Gasteiger partial charge in [-0.25, -0.2) is 4.98 Å². The van der Waals surface area contributed by atoms with Gasteiger partial charge < -0.3 is 14.6 Å². The van der Waals surface area contributed by atoms with Crippen LogP contribution in [0, 0.1) is 12.8 Å². The molecule has 1 fully saturated rings. The molecule has 1 aliphatic heterocycles. The molecule has 2 aromatic heterocycles. The standard InChI is InChI=1S/C16H23N5O2/c1-3-21-7-6-17-15(21)14(12-4-8-23-9-5-12)18-16(22)13-10-11(2)19-20-13/h6-7,10,12,14H,3-5,8-9H2,1-2H3,(H,18,22)(H,19,20)/t14-/m1/s1. The zero-order chi connectivity index (χ0) is 16.2. The maximum absolute atomic E-state index is 12.5. The minimum atomic E-state index is -0.170. The summed E-state index contributed by atoms with van der Waals surface area (Å²) in [5, 5.41) is 9.99. The van der Waals surface area contributed by atoms with E-state index in [9.17, 15) is 4.79 Å². The van der Waals surface area contributed by atoms with E-state index in [-0.39, 0.29) is 11.9 Å². The molecule has 0 aliphatic carbocycles. The highest BCUT2D eigenvalue weighted by Gasteiger charge is 2.30. The van der Waals surface area contributed by atoms with E-state index in [0.29, 0.717) is 11.6 Å². The number of aryl methyl sites for hydroxylation is 2. The SMILES string of the molecule is CCn1ccnc1[C@H](NC(=O)c1cc(C)[nH]n1)C1CCOCC1. The Kier molecular flexibility index (Phi) is 4.76. The summed E-state index contributed by atoms with van der Waals surface area (Å²) in [5.74, 6) is 1.05. The number of nitrogens with zero attached hydrogens (tertiary/aromatic N) is 3. The first-order chi connectivity index (χ1) is 11.2. The quantitative estimate of drug-likeness (QED) is 0.881. The molecule has 7 nitrogen and oxygen atoms in total. The van der Waals surface area contributed by atoms with Crippen LogP contribution < -0.4 is 5.32 Å². The van der Waals surface area contributed by atoms with Gasteiger partial charge in [-0.2, -0.15) is 5.10 Å². The third kappa shape index (κ3) is 3.44. The van der Waals surface area contributed by atoms with E-state index in [1.54, 1.807) is 12.3 Å². The van der Waals surface area contributed by atoms with Crippen LogP contribution in [-0.4, -0.2) is 38.9 Å². The highest BCUT2D eigenvalue weighted by molar-refractivity contribution is 5.92. The number of nitrogens with one attached hydrogen (secondary N) is 2. The number of amides is 1. The molecular weight excluding hydrogens is 294 g/mol. The molecule has 0 saturated carbocycles. The number of aromatic amines is 1. The molecule has 0 spiro atoms. The van der Waals surface area contributed by atoms with Crippen molar-refractivity contribution in [2.24, 2.45) is 5.92 Å². The van der Waals surface area contributed by atoms with Gasteiger partial charge in [0.1, 0.15) is 11.5 Å². The van der Waals surface area contributed by atoms with Crippen LogP contribution in [0.4, 0.5) is 0 Å². The number of hydrogen-bond acceptors (Lipinski definition) is 4. The van der Waals surface area contributed by atoms with Gasteiger partial charge in [0.2, 0.25) is 0 Å². The van der Waals surface area contributed by atoms with Gasteiger partial charge in [0.15, 0.2) is 0 Å². The molecule has 1 aliphatic rings. The lowest BCUT2D eigenvalue weighted by molar-refractivity contribution is 0.0497. The molecule has 1 amide bonds. The number of rotatable bonds is 5. The summed E-state index contributed by atoms with van der Waals surface area (Å²) < 4.78 is 7.54. The predicted molar refractivity (Wildman–Crippen MR) is 85.0 cm³/mol. The van der Waals surface area contributed by atoms with E-state index < -0.39 is 0 Å². The summed E-state index contributed by atoms with van der Waals surface area (Å²) in [7, 11) is 0. The van der Waals surface area contributed by atoms with Gasteiger partial charge in [0.25, 0.3) is 5.91 Å². The highest BCUT2D eigenvalue weighted by atomic mass is 16.5. The Morgan fingerprint density at radius 1 is 1.52 bits per heavy atom. The fraction of sp³-hybridized carbons (Fsp3) is 0.562. The molecule has 2 N–H and O–H groups in total. The Morgan fingerprint density at radius 2 is 2.30 bits per heavy atom. The first kappa shape index (κ1) is 15.7.